The minimum atomic E-state index is -1.31. The van der Waals surface area contributed by atoms with Gasteiger partial charge in [-0.15, -0.1) is 0 Å². The Balaban J connectivity index is 2.43. The van der Waals surface area contributed by atoms with Crippen LogP contribution in [0.25, 0.3) is 11.0 Å². The van der Waals surface area contributed by atoms with Crippen molar-refractivity contribution in [1.82, 2.24) is 9.97 Å². The van der Waals surface area contributed by atoms with E-state index in [2.05, 4.69) is 9.97 Å². The van der Waals surface area contributed by atoms with Crippen molar-refractivity contribution in [3.63, 3.8) is 0 Å². The molecule has 0 saturated heterocycles. The van der Waals surface area contributed by atoms with Crippen LogP contribution in [0, 0.1) is 5.82 Å². The zero-order chi connectivity index (χ0) is 12.4. The topological polar surface area (TPSA) is 75.2 Å². The summed E-state index contributed by atoms with van der Waals surface area (Å²) in [6, 6.07) is 2.33. The number of carboxylic acid groups (broad SMARTS) is 1. The van der Waals surface area contributed by atoms with E-state index in [1.807, 2.05) is 6.92 Å². The molecular weight excluding hydrogens is 227 g/mol. The van der Waals surface area contributed by atoms with Gasteiger partial charge >= 0.3 is 5.97 Å². The molecule has 0 fully saturated rings. The summed E-state index contributed by atoms with van der Waals surface area (Å²) in [5.74, 6) is -1.54. The molecule has 1 heterocycles. The lowest BCUT2D eigenvalue weighted by Crippen LogP contribution is -1.99. The monoisotopic (exact) mass is 238 g/mol. The maximum atomic E-state index is 13.4. The largest absolute Gasteiger partial charge is 0.478 e. The van der Waals surface area contributed by atoms with Crippen molar-refractivity contribution in [1.29, 1.82) is 0 Å². The van der Waals surface area contributed by atoms with E-state index >= 15 is 0 Å². The highest BCUT2D eigenvalue weighted by atomic mass is 19.1. The number of ether oxygens (including phenoxy) is 1. The van der Waals surface area contributed by atoms with Crippen molar-refractivity contribution < 1.29 is 19.0 Å². The van der Waals surface area contributed by atoms with Gasteiger partial charge < -0.3 is 14.8 Å². The lowest BCUT2D eigenvalue weighted by atomic mass is 10.2. The van der Waals surface area contributed by atoms with Gasteiger partial charge in [-0.1, -0.05) is 0 Å². The number of nitrogens with zero attached hydrogens (tertiary/aromatic N) is 1. The first-order valence-corrected chi connectivity index (χ1v) is 5.11. The first-order valence-electron chi connectivity index (χ1n) is 5.11. The lowest BCUT2D eigenvalue weighted by Gasteiger charge is -1.96. The third-order valence-corrected chi connectivity index (χ3v) is 2.29. The van der Waals surface area contributed by atoms with Crippen LogP contribution in [-0.4, -0.2) is 27.7 Å². The Hall–Kier alpha value is -1.95. The molecule has 0 saturated carbocycles. The zero-order valence-corrected chi connectivity index (χ0v) is 9.16. The summed E-state index contributed by atoms with van der Waals surface area (Å²) in [5, 5.41) is 8.77. The fourth-order valence-corrected chi connectivity index (χ4v) is 1.51. The van der Waals surface area contributed by atoms with Crippen LogP contribution in [-0.2, 0) is 11.3 Å². The van der Waals surface area contributed by atoms with Crippen LogP contribution in [0.1, 0.15) is 23.1 Å². The molecule has 1 aromatic heterocycles. The van der Waals surface area contributed by atoms with E-state index < -0.39 is 11.8 Å². The van der Waals surface area contributed by atoms with Crippen molar-refractivity contribution in [2.24, 2.45) is 0 Å². The van der Waals surface area contributed by atoms with Gasteiger partial charge in [0.05, 0.1) is 16.6 Å². The van der Waals surface area contributed by atoms with Gasteiger partial charge in [0.25, 0.3) is 0 Å². The van der Waals surface area contributed by atoms with Crippen LogP contribution >= 0.6 is 0 Å². The molecule has 2 rings (SSSR count). The van der Waals surface area contributed by atoms with Gasteiger partial charge in [0.2, 0.25) is 0 Å². The summed E-state index contributed by atoms with van der Waals surface area (Å²) in [6.45, 7) is 2.69. The van der Waals surface area contributed by atoms with Crippen molar-refractivity contribution in [2.45, 2.75) is 13.5 Å². The van der Waals surface area contributed by atoms with Crippen molar-refractivity contribution in [2.75, 3.05) is 6.61 Å². The van der Waals surface area contributed by atoms with Crippen LogP contribution in [0.15, 0.2) is 12.1 Å². The SMILES string of the molecule is CCOCc1nc2cc(C(=O)O)c(F)cc2[nH]1. The van der Waals surface area contributed by atoms with Crippen LogP contribution < -0.4 is 0 Å². The average molecular weight is 238 g/mol. The minimum Gasteiger partial charge on any atom is -0.478 e. The molecule has 2 aromatic rings. The number of fused-ring (bicyclic) bond motifs is 1. The highest BCUT2D eigenvalue weighted by Gasteiger charge is 2.13. The van der Waals surface area contributed by atoms with Gasteiger partial charge in [0.15, 0.2) is 0 Å². The van der Waals surface area contributed by atoms with E-state index in [9.17, 15) is 9.18 Å². The van der Waals surface area contributed by atoms with Crippen LogP contribution in [0.3, 0.4) is 0 Å². The number of aromatic carboxylic acids is 1. The number of aromatic amines is 1. The number of benzene rings is 1. The second-order valence-electron chi connectivity index (χ2n) is 3.47. The van der Waals surface area contributed by atoms with Crippen LogP contribution in [0.4, 0.5) is 4.39 Å². The second kappa shape index (κ2) is 4.50. The number of aromatic nitrogens is 2. The Labute approximate surface area is 96.2 Å². The molecule has 0 amide bonds. The van der Waals surface area contributed by atoms with Gasteiger partial charge in [-0.25, -0.2) is 14.2 Å². The fourth-order valence-electron chi connectivity index (χ4n) is 1.51. The lowest BCUT2D eigenvalue weighted by molar-refractivity contribution is 0.0692. The number of imidazole rings is 1. The molecule has 6 heteroatoms. The van der Waals surface area contributed by atoms with E-state index in [4.69, 9.17) is 9.84 Å². The predicted octanol–water partition coefficient (Wildman–Crippen LogP) is 1.94. The summed E-state index contributed by atoms with van der Waals surface area (Å²) in [6.07, 6.45) is 0. The highest BCUT2D eigenvalue weighted by molar-refractivity contribution is 5.92. The van der Waals surface area contributed by atoms with E-state index in [0.717, 1.165) is 6.07 Å². The van der Waals surface area contributed by atoms with Gasteiger partial charge in [-0.2, -0.15) is 0 Å². The molecule has 2 N–H and O–H groups in total. The minimum absolute atomic E-state index is 0.287. The van der Waals surface area contributed by atoms with E-state index in [1.165, 1.54) is 6.07 Å². The summed E-state index contributed by atoms with van der Waals surface area (Å²) >= 11 is 0. The first-order chi connectivity index (χ1) is 8.11. The van der Waals surface area contributed by atoms with E-state index in [0.29, 0.717) is 23.5 Å². The molecule has 17 heavy (non-hydrogen) atoms. The third-order valence-electron chi connectivity index (χ3n) is 2.29. The molecule has 1 aromatic carbocycles. The predicted molar refractivity (Wildman–Crippen MR) is 58.3 cm³/mol. The highest BCUT2D eigenvalue weighted by Crippen LogP contribution is 2.17. The maximum Gasteiger partial charge on any atom is 0.338 e. The Morgan fingerprint density at radius 2 is 2.35 bits per heavy atom. The van der Waals surface area contributed by atoms with E-state index in [-0.39, 0.29) is 12.2 Å². The molecule has 0 unspecified atom stereocenters. The summed E-state index contributed by atoms with van der Waals surface area (Å²) in [4.78, 5) is 17.7. The molecule has 0 radical (unpaired) electrons. The molecule has 0 aliphatic rings. The summed E-state index contributed by atoms with van der Waals surface area (Å²) < 4.78 is 18.5. The third kappa shape index (κ3) is 2.26. The molecule has 0 atom stereocenters. The Bertz CT molecular complexity index is 565. The summed E-state index contributed by atoms with van der Waals surface area (Å²) in [5.41, 5.74) is 0.493. The van der Waals surface area contributed by atoms with Crippen LogP contribution in [0.5, 0.6) is 0 Å². The Morgan fingerprint density at radius 1 is 1.59 bits per heavy atom. The van der Waals surface area contributed by atoms with Gasteiger partial charge in [0.1, 0.15) is 18.2 Å². The molecule has 0 bridgehead atoms. The maximum absolute atomic E-state index is 13.4. The van der Waals surface area contributed by atoms with Gasteiger partial charge in [-0.3, -0.25) is 0 Å². The second-order valence-corrected chi connectivity index (χ2v) is 3.47. The number of carbonyl (C=O) groups is 1. The number of H-pyrrole nitrogens is 1. The van der Waals surface area contributed by atoms with Crippen molar-refractivity contribution in [3.8, 4) is 0 Å². The number of rotatable bonds is 4. The molecule has 0 spiro atoms. The number of hydrogen-bond donors (Lipinski definition) is 2. The fraction of sp³-hybridized carbons (Fsp3) is 0.273. The molecule has 5 nitrogen and oxygen atoms in total. The summed E-state index contributed by atoms with van der Waals surface area (Å²) in [7, 11) is 0. The first kappa shape index (κ1) is 11.5. The molecular formula is C11H11FN2O3. The number of halogens is 1. The normalized spacial score (nSPS) is 10.9. The smallest absolute Gasteiger partial charge is 0.338 e. The zero-order valence-electron chi connectivity index (χ0n) is 9.16. The molecule has 90 valence electrons. The molecule has 0 aliphatic carbocycles. The quantitative estimate of drug-likeness (QED) is 0.853. The van der Waals surface area contributed by atoms with Gasteiger partial charge in [0, 0.05) is 12.7 Å². The molecule has 0 aliphatic heterocycles. The van der Waals surface area contributed by atoms with Gasteiger partial charge in [-0.05, 0) is 13.0 Å². The average Bonchev–Trinajstić information content (AvgIpc) is 2.66. The number of nitrogens with one attached hydrogen (secondary N) is 1. The Kier molecular flexibility index (Phi) is 3.06. The van der Waals surface area contributed by atoms with Crippen molar-refractivity contribution >= 4 is 17.0 Å². The number of carboxylic acids is 1. The Morgan fingerprint density at radius 3 is 3.00 bits per heavy atom. The van der Waals surface area contributed by atoms with Crippen LogP contribution in [0.2, 0.25) is 0 Å². The van der Waals surface area contributed by atoms with Crippen molar-refractivity contribution in [3.05, 3.63) is 29.3 Å². The van der Waals surface area contributed by atoms with E-state index in [1.54, 1.807) is 0 Å². The standard InChI is InChI=1S/C11H11FN2O3/c1-2-17-5-10-13-8-3-6(11(15)16)7(12)4-9(8)14-10/h3-4H,2,5H2,1H3,(H,13,14)(H,15,16). The number of hydrogen-bond acceptors (Lipinski definition) is 3.